The summed E-state index contributed by atoms with van der Waals surface area (Å²) in [7, 11) is 0. The van der Waals surface area contributed by atoms with Crippen LogP contribution in [0.5, 0.6) is 0 Å². The average Bonchev–Trinajstić information content (AvgIpc) is 3.33. The Hall–Kier alpha value is -2.70. The number of fused-ring (bicyclic) bond motifs is 1. The molecule has 1 saturated carbocycles. The predicted octanol–water partition coefficient (Wildman–Crippen LogP) is 4.51. The summed E-state index contributed by atoms with van der Waals surface area (Å²) < 4.78 is 11.0. The van der Waals surface area contributed by atoms with Gasteiger partial charge in [-0.3, -0.25) is 4.79 Å². The highest BCUT2D eigenvalue weighted by Gasteiger charge is 2.33. The predicted molar refractivity (Wildman–Crippen MR) is 107 cm³/mol. The van der Waals surface area contributed by atoms with Crippen molar-refractivity contribution in [1.29, 1.82) is 0 Å². The van der Waals surface area contributed by atoms with Crippen LogP contribution in [0, 0.1) is 5.92 Å². The fourth-order valence-electron chi connectivity index (χ4n) is 4.29. The van der Waals surface area contributed by atoms with Crippen LogP contribution in [0.1, 0.15) is 69.4 Å². The molecular formula is C22H26N4O3. The molecule has 7 nitrogen and oxygen atoms in total. The smallest absolute Gasteiger partial charge is 0.230 e. The van der Waals surface area contributed by atoms with Crippen LogP contribution in [-0.2, 0) is 4.79 Å². The van der Waals surface area contributed by atoms with Gasteiger partial charge in [0.15, 0.2) is 5.58 Å². The van der Waals surface area contributed by atoms with Crippen LogP contribution in [0.4, 0.5) is 0 Å². The van der Waals surface area contributed by atoms with E-state index in [-0.39, 0.29) is 17.8 Å². The lowest BCUT2D eigenvalue weighted by molar-refractivity contribution is -0.139. The summed E-state index contributed by atoms with van der Waals surface area (Å²) in [5.74, 6) is 2.36. The van der Waals surface area contributed by atoms with E-state index in [0.717, 1.165) is 61.0 Å². The first-order valence-electron chi connectivity index (χ1n) is 10.6. The number of nitrogens with zero attached hydrogens (tertiary/aromatic N) is 4. The molecule has 1 saturated heterocycles. The highest BCUT2D eigenvalue weighted by atomic mass is 16.5. The van der Waals surface area contributed by atoms with E-state index >= 15 is 0 Å². The minimum Gasteiger partial charge on any atom is -0.356 e. The molecule has 29 heavy (non-hydrogen) atoms. The van der Waals surface area contributed by atoms with E-state index in [4.69, 9.17) is 9.05 Å². The number of carbonyl (C=O) groups excluding carboxylic acids is 1. The van der Waals surface area contributed by atoms with E-state index in [9.17, 15) is 4.79 Å². The van der Waals surface area contributed by atoms with Crippen LogP contribution in [0.3, 0.4) is 0 Å². The number of carbonyl (C=O) groups is 1. The molecule has 0 radical (unpaired) electrons. The molecule has 0 atom stereocenters. The van der Waals surface area contributed by atoms with E-state index in [0.29, 0.717) is 17.6 Å². The Morgan fingerprint density at radius 3 is 2.59 bits per heavy atom. The van der Waals surface area contributed by atoms with Gasteiger partial charge in [-0.25, -0.2) is 0 Å². The molecule has 1 amide bonds. The largest absolute Gasteiger partial charge is 0.356 e. The van der Waals surface area contributed by atoms with Crippen LogP contribution >= 0.6 is 0 Å². The first kappa shape index (κ1) is 18.3. The van der Waals surface area contributed by atoms with Crippen LogP contribution in [0.25, 0.3) is 22.4 Å². The van der Waals surface area contributed by atoms with Gasteiger partial charge in [0.1, 0.15) is 0 Å². The lowest BCUT2D eigenvalue weighted by Crippen LogP contribution is -2.43. The van der Waals surface area contributed by atoms with Gasteiger partial charge in [-0.2, -0.15) is 4.98 Å². The molecule has 0 bridgehead atoms. The van der Waals surface area contributed by atoms with Gasteiger partial charge in [-0.1, -0.05) is 30.6 Å². The maximum atomic E-state index is 12.4. The van der Waals surface area contributed by atoms with Gasteiger partial charge in [0.2, 0.25) is 17.6 Å². The van der Waals surface area contributed by atoms with Crippen molar-refractivity contribution in [3.63, 3.8) is 0 Å². The second-order valence-electron chi connectivity index (χ2n) is 8.62. The number of benzene rings is 1. The summed E-state index contributed by atoms with van der Waals surface area (Å²) in [6, 6.07) is 5.87. The summed E-state index contributed by atoms with van der Waals surface area (Å²) in [6.45, 7) is 5.75. The highest BCUT2D eigenvalue weighted by Crippen LogP contribution is 2.33. The topological polar surface area (TPSA) is 85.3 Å². The Morgan fingerprint density at radius 2 is 1.90 bits per heavy atom. The summed E-state index contributed by atoms with van der Waals surface area (Å²) in [4.78, 5) is 19.1. The van der Waals surface area contributed by atoms with Gasteiger partial charge in [-0.15, -0.1) is 0 Å². The molecule has 1 aromatic carbocycles. The molecule has 0 spiro atoms. The van der Waals surface area contributed by atoms with Gasteiger partial charge in [-0.05, 0) is 49.8 Å². The molecule has 152 valence electrons. The van der Waals surface area contributed by atoms with Gasteiger partial charge in [0.25, 0.3) is 0 Å². The molecule has 2 aliphatic rings. The van der Waals surface area contributed by atoms with Crippen molar-refractivity contribution in [3.8, 4) is 11.4 Å². The maximum absolute atomic E-state index is 12.4. The van der Waals surface area contributed by atoms with Crippen molar-refractivity contribution in [1.82, 2.24) is 20.2 Å². The number of aromatic nitrogens is 3. The van der Waals surface area contributed by atoms with E-state index in [1.807, 2.05) is 23.1 Å². The molecule has 3 aromatic rings. The molecule has 2 aromatic heterocycles. The molecule has 1 aliphatic heterocycles. The number of hydrogen-bond acceptors (Lipinski definition) is 6. The molecule has 3 heterocycles. The molecule has 7 heteroatoms. The van der Waals surface area contributed by atoms with Gasteiger partial charge in [0, 0.05) is 35.9 Å². The second-order valence-corrected chi connectivity index (χ2v) is 8.62. The SMILES string of the molecule is CC(C)c1noc2ccc(-c3noc(C4CCN(C(=O)C5CCC5)CC4)n3)cc12. The fraction of sp³-hybridized carbons (Fsp3) is 0.545. The second kappa shape index (κ2) is 7.28. The first-order valence-corrected chi connectivity index (χ1v) is 10.6. The highest BCUT2D eigenvalue weighted by molar-refractivity contribution is 5.84. The quantitative estimate of drug-likeness (QED) is 0.647. The van der Waals surface area contributed by atoms with Gasteiger partial charge < -0.3 is 13.9 Å². The van der Waals surface area contributed by atoms with Crippen molar-refractivity contribution >= 4 is 16.9 Å². The monoisotopic (exact) mass is 394 g/mol. The number of hydrogen-bond donors (Lipinski definition) is 0. The summed E-state index contributed by atoms with van der Waals surface area (Å²) in [5.41, 5.74) is 2.61. The van der Waals surface area contributed by atoms with Crippen LogP contribution in [0.2, 0.25) is 0 Å². The van der Waals surface area contributed by atoms with E-state index < -0.39 is 0 Å². The Labute approximate surface area is 169 Å². The first-order chi connectivity index (χ1) is 14.1. The minimum absolute atomic E-state index is 0.215. The Bertz CT molecular complexity index is 1030. The molecule has 0 N–H and O–H groups in total. The van der Waals surface area contributed by atoms with E-state index in [2.05, 4.69) is 29.1 Å². The average molecular weight is 394 g/mol. The van der Waals surface area contributed by atoms with Crippen LogP contribution in [-0.4, -0.2) is 39.2 Å². The minimum atomic E-state index is 0.215. The third-order valence-corrected chi connectivity index (χ3v) is 6.35. The van der Waals surface area contributed by atoms with Crippen molar-refractivity contribution in [2.45, 2.75) is 57.8 Å². The molecule has 2 fully saturated rings. The zero-order valence-corrected chi connectivity index (χ0v) is 16.9. The van der Waals surface area contributed by atoms with Gasteiger partial charge in [0.05, 0.1) is 5.69 Å². The van der Waals surface area contributed by atoms with Gasteiger partial charge >= 0.3 is 0 Å². The normalized spacial score (nSPS) is 18.5. The summed E-state index contributed by atoms with van der Waals surface area (Å²) >= 11 is 0. The molecular weight excluding hydrogens is 368 g/mol. The van der Waals surface area contributed by atoms with Crippen molar-refractivity contribution in [2.24, 2.45) is 5.92 Å². The lowest BCUT2D eigenvalue weighted by atomic mass is 9.83. The zero-order valence-electron chi connectivity index (χ0n) is 16.9. The number of rotatable bonds is 4. The summed E-state index contributed by atoms with van der Waals surface area (Å²) in [5, 5.41) is 9.39. The molecule has 1 aliphatic carbocycles. The lowest BCUT2D eigenvalue weighted by Gasteiger charge is -2.35. The van der Waals surface area contributed by atoms with Crippen LogP contribution < -0.4 is 0 Å². The molecule has 5 rings (SSSR count). The molecule has 0 unspecified atom stereocenters. The third kappa shape index (κ3) is 3.32. The number of likely N-dealkylation sites (tertiary alicyclic amines) is 1. The number of piperidine rings is 1. The standard InChI is InChI=1S/C22H26N4O3/c1-13(2)19-17-12-16(6-7-18(17)28-24-19)20-23-21(29-25-20)14-8-10-26(11-9-14)22(27)15-4-3-5-15/h6-7,12-15H,3-5,8-11H2,1-2H3. The third-order valence-electron chi connectivity index (χ3n) is 6.35. The van der Waals surface area contributed by atoms with Crippen molar-refractivity contribution in [3.05, 3.63) is 29.8 Å². The van der Waals surface area contributed by atoms with Crippen molar-refractivity contribution < 1.29 is 13.8 Å². The summed E-state index contributed by atoms with van der Waals surface area (Å²) in [6.07, 6.45) is 5.06. The fourth-order valence-corrected chi connectivity index (χ4v) is 4.29. The Balaban J connectivity index is 1.30. The van der Waals surface area contributed by atoms with E-state index in [1.54, 1.807) is 0 Å². The van der Waals surface area contributed by atoms with Crippen molar-refractivity contribution in [2.75, 3.05) is 13.1 Å². The number of amides is 1. The zero-order chi connectivity index (χ0) is 20.0. The van der Waals surface area contributed by atoms with E-state index in [1.165, 1.54) is 6.42 Å². The Kier molecular flexibility index (Phi) is 4.60. The maximum Gasteiger partial charge on any atom is 0.230 e. The van der Waals surface area contributed by atoms with Crippen LogP contribution in [0.15, 0.2) is 27.2 Å². The Morgan fingerprint density at radius 1 is 1.10 bits per heavy atom.